The second-order valence-corrected chi connectivity index (χ2v) is 14.3. The Hall–Kier alpha value is -1.56. The van der Waals surface area contributed by atoms with E-state index in [0.717, 1.165) is 0 Å². The number of ether oxygens (including phenoxy) is 1. The Morgan fingerprint density at radius 3 is 2.30 bits per heavy atom. The molecule has 1 heterocycles. The fourth-order valence-electron chi connectivity index (χ4n) is 4.22. The van der Waals surface area contributed by atoms with Gasteiger partial charge in [-0.05, 0) is 25.1 Å². The fourth-order valence-corrected chi connectivity index (χ4v) is 5.65. The van der Waals surface area contributed by atoms with Crippen molar-refractivity contribution >= 4 is 19.9 Å². The maximum absolute atomic E-state index is 13.3. The summed E-state index contributed by atoms with van der Waals surface area (Å²) in [5.74, 6) is -0.207. The van der Waals surface area contributed by atoms with Crippen LogP contribution >= 0.6 is 0 Å². The molecule has 0 saturated carbocycles. The van der Waals surface area contributed by atoms with Crippen molar-refractivity contribution in [3.05, 3.63) is 46.5 Å². The minimum absolute atomic E-state index is 0.00877. The molecule has 4 nitrogen and oxygen atoms in total. The normalized spacial score (nSPS) is 28.4. The summed E-state index contributed by atoms with van der Waals surface area (Å²) < 4.78 is 12.5. The van der Waals surface area contributed by atoms with Gasteiger partial charge in [-0.3, -0.25) is 9.59 Å². The van der Waals surface area contributed by atoms with Crippen molar-refractivity contribution < 1.29 is 18.8 Å². The highest BCUT2D eigenvalue weighted by molar-refractivity contribution is 6.74. The Labute approximate surface area is 162 Å². The first-order valence-corrected chi connectivity index (χ1v) is 12.7. The summed E-state index contributed by atoms with van der Waals surface area (Å²) in [4.78, 5) is 26.4. The van der Waals surface area contributed by atoms with Crippen molar-refractivity contribution in [2.24, 2.45) is 5.92 Å². The molecule has 144 valence electrons. The minimum atomic E-state index is -2.00. The van der Waals surface area contributed by atoms with E-state index in [0.29, 0.717) is 28.7 Å². The van der Waals surface area contributed by atoms with Gasteiger partial charge in [0.05, 0.1) is 18.3 Å². The van der Waals surface area contributed by atoms with Gasteiger partial charge < -0.3 is 9.16 Å². The molecule has 27 heavy (non-hydrogen) atoms. The van der Waals surface area contributed by atoms with E-state index in [-0.39, 0.29) is 40.8 Å². The van der Waals surface area contributed by atoms with Crippen LogP contribution in [0.4, 0.5) is 0 Å². The van der Waals surface area contributed by atoms with Gasteiger partial charge in [0.25, 0.3) is 0 Å². The van der Waals surface area contributed by atoms with Gasteiger partial charge >= 0.3 is 0 Å². The lowest BCUT2D eigenvalue weighted by atomic mass is 9.71. The first kappa shape index (κ1) is 18.8. The number of carbonyl (C=O) groups excluding carboxylic acids is 2. The zero-order chi connectivity index (χ0) is 19.7. The smallest absolute Gasteiger partial charge is 0.192 e. The number of hydrogen-bond acceptors (Lipinski definition) is 4. The lowest BCUT2D eigenvalue weighted by molar-refractivity contribution is 0.0903. The lowest BCUT2D eigenvalue weighted by Crippen LogP contribution is -2.47. The number of benzene rings is 1. The Morgan fingerprint density at radius 1 is 1.11 bits per heavy atom. The first-order chi connectivity index (χ1) is 12.5. The average molecular weight is 385 g/mol. The van der Waals surface area contributed by atoms with Gasteiger partial charge in [0.1, 0.15) is 0 Å². The molecule has 1 saturated heterocycles. The van der Waals surface area contributed by atoms with Crippen LogP contribution in [0, 0.1) is 5.92 Å². The number of Topliss-reactive ketones (excluding diaryl/α,β-unsaturated/α-hetero) is 2. The summed E-state index contributed by atoms with van der Waals surface area (Å²) >= 11 is 0. The standard InChI is InChI=1S/C22H28O4Si/c1-12(26-27(5,6)22(2,3)4)17-18-15(11-16-21(17)25-16)19(23)13-9-7-8-10-14(13)20(18)24/h7-10,12,16-17,21H,11H2,1-6H3/t12-,16-,17+,21-/m0/s1. The van der Waals surface area contributed by atoms with E-state index < -0.39 is 8.32 Å². The predicted octanol–water partition coefficient (Wildman–Crippen LogP) is 4.56. The van der Waals surface area contributed by atoms with E-state index in [9.17, 15) is 9.59 Å². The molecule has 4 atom stereocenters. The highest BCUT2D eigenvalue weighted by Crippen LogP contribution is 2.50. The average Bonchev–Trinajstić information content (AvgIpc) is 3.35. The highest BCUT2D eigenvalue weighted by atomic mass is 28.4. The van der Waals surface area contributed by atoms with Crippen LogP contribution in [0.5, 0.6) is 0 Å². The molecule has 2 aliphatic carbocycles. The van der Waals surface area contributed by atoms with E-state index in [2.05, 4.69) is 33.9 Å². The molecule has 0 spiro atoms. The van der Waals surface area contributed by atoms with Gasteiger partial charge in [-0.15, -0.1) is 0 Å². The van der Waals surface area contributed by atoms with Crippen molar-refractivity contribution in [3.63, 3.8) is 0 Å². The maximum atomic E-state index is 13.3. The van der Waals surface area contributed by atoms with E-state index in [1.165, 1.54) is 0 Å². The van der Waals surface area contributed by atoms with Gasteiger partial charge in [0.15, 0.2) is 19.9 Å². The molecule has 0 bridgehead atoms. The molecule has 0 N–H and O–H groups in total. The van der Waals surface area contributed by atoms with Crippen LogP contribution in [0.15, 0.2) is 35.4 Å². The number of fused-ring (bicyclic) bond motifs is 2. The summed E-state index contributed by atoms with van der Waals surface area (Å²) in [6, 6.07) is 7.15. The Bertz CT molecular complexity index is 861. The molecule has 0 amide bonds. The molecule has 0 unspecified atom stereocenters. The van der Waals surface area contributed by atoms with E-state index in [1.54, 1.807) is 12.1 Å². The molecule has 1 aromatic carbocycles. The summed E-state index contributed by atoms with van der Waals surface area (Å²) in [7, 11) is -2.00. The Balaban J connectivity index is 1.73. The van der Waals surface area contributed by atoms with Gasteiger partial charge in [0.2, 0.25) is 0 Å². The van der Waals surface area contributed by atoms with Gasteiger partial charge in [-0.25, -0.2) is 0 Å². The first-order valence-electron chi connectivity index (χ1n) is 9.77. The third kappa shape index (κ3) is 2.87. The monoisotopic (exact) mass is 384 g/mol. The van der Waals surface area contributed by atoms with Crippen LogP contribution in [-0.4, -0.2) is 38.2 Å². The van der Waals surface area contributed by atoms with Crippen LogP contribution in [-0.2, 0) is 9.16 Å². The molecular formula is C22H28O4Si. The number of hydrogen-bond donors (Lipinski definition) is 0. The topological polar surface area (TPSA) is 55.9 Å². The number of carbonyl (C=O) groups is 2. The second kappa shape index (κ2) is 5.97. The molecule has 1 aromatic rings. The molecular weight excluding hydrogens is 356 g/mol. The molecule has 0 radical (unpaired) electrons. The minimum Gasteiger partial charge on any atom is -0.413 e. The van der Waals surface area contributed by atoms with Crippen molar-refractivity contribution in [3.8, 4) is 0 Å². The number of rotatable bonds is 3. The molecule has 5 heteroatoms. The zero-order valence-electron chi connectivity index (χ0n) is 17.0. The molecule has 1 aliphatic heterocycles. The second-order valence-electron chi connectivity index (χ2n) is 9.55. The molecule has 0 aromatic heterocycles. The third-order valence-electron chi connectivity index (χ3n) is 6.77. The van der Waals surface area contributed by atoms with E-state index in [1.807, 2.05) is 19.1 Å². The van der Waals surface area contributed by atoms with Crippen LogP contribution < -0.4 is 0 Å². The van der Waals surface area contributed by atoms with E-state index in [4.69, 9.17) is 9.16 Å². The molecule has 4 rings (SSSR count). The zero-order valence-corrected chi connectivity index (χ0v) is 18.0. The van der Waals surface area contributed by atoms with Crippen LogP contribution in [0.1, 0.15) is 54.8 Å². The third-order valence-corrected chi connectivity index (χ3v) is 11.3. The summed E-state index contributed by atoms with van der Waals surface area (Å²) in [6.07, 6.45) is 0.419. The SMILES string of the molecule is C[C@H](O[Si](C)(C)C(C)(C)C)[C@@H]1C2=C(C[C@@H]3O[C@H]13)C(=O)c1ccccc1C2=O. The summed E-state index contributed by atoms with van der Waals surface area (Å²) in [6.45, 7) is 13.1. The number of epoxide rings is 1. The van der Waals surface area contributed by atoms with Crippen molar-refractivity contribution in [1.29, 1.82) is 0 Å². The van der Waals surface area contributed by atoms with Crippen molar-refractivity contribution in [2.45, 2.75) is 70.6 Å². The Morgan fingerprint density at radius 2 is 1.70 bits per heavy atom. The molecule has 3 aliphatic rings. The van der Waals surface area contributed by atoms with Crippen molar-refractivity contribution in [2.75, 3.05) is 0 Å². The predicted molar refractivity (Wildman–Crippen MR) is 107 cm³/mol. The molecule has 1 fully saturated rings. The summed E-state index contributed by atoms with van der Waals surface area (Å²) in [5.41, 5.74) is 2.33. The fraction of sp³-hybridized carbons (Fsp3) is 0.545. The maximum Gasteiger partial charge on any atom is 0.192 e. The van der Waals surface area contributed by atoms with Gasteiger partial charge in [-0.1, -0.05) is 45.0 Å². The number of ketones is 2. The lowest BCUT2D eigenvalue weighted by Gasteiger charge is -2.41. The highest BCUT2D eigenvalue weighted by Gasteiger charge is 2.57. The summed E-state index contributed by atoms with van der Waals surface area (Å²) in [5, 5.41) is 0.0793. The van der Waals surface area contributed by atoms with Gasteiger partial charge in [0, 0.05) is 34.6 Å². The largest absolute Gasteiger partial charge is 0.413 e. The van der Waals surface area contributed by atoms with Crippen LogP contribution in [0.3, 0.4) is 0 Å². The van der Waals surface area contributed by atoms with Crippen molar-refractivity contribution in [1.82, 2.24) is 0 Å². The van der Waals surface area contributed by atoms with Gasteiger partial charge in [-0.2, -0.15) is 0 Å². The quantitative estimate of drug-likeness (QED) is 0.566. The van der Waals surface area contributed by atoms with E-state index >= 15 is 0 Å². The Kier molecular flexibility index (Phi) is 4.15. The van der Waals surface area contributed by atoms with Crippen LogP contribution in [0.25, 0.3) is 0 Å². The van der Waals surface area contributed by atoms with Crippen LogP contribution in [0.2, 0.25) is 18.1 Å².